The molecule has 0 aliphatic heterocycles. The lowest BCUT2D eigenvalue weighted by molar-refractivity contribution is 0.603. The largest absolute Gasteiger partial charge is 0.358 e. The van der Waals surface area contributed by atoms with Crippen LogP contribution in [0.3, 0.4) is 0 Å². The fourth-order valence-electron chi connectivity index (χ4n) is 2.38. The summed E-state index contributed by atoms with van der Waals surface area (Å²) in [4.78, 5) is 3.37. The van der Waals surface area contributed by atoms with Gasteiger partial charge in [-0.2, -0.15) is 0 Å². The Balaban J connectivity index is 1.86. The maximum absolute atomic E-state index is 12.2. The molecule has 0 saturated carbocycles. The number of aromatic nitrogens is 1. The number of unbranched alkanes of at least 4 members (excludes halogenated alkanes) is 1. The summed E-state index contributed by atoms with van der Waals surface area (Å²) in [5, 5.41) is 2.78. The molecule has 0 unspecified atom stereocenters. The lowest BCUT2D eigenvalue weighted by atomic mass is 10.2. The summed E-state index contributed by atoms with van der Waals surface area (Å²) >= 11 is 1.21. The molecule has 0 amide bonds. The summed E-state index contributed by atoms with van der Waals surface area (Å²) < 4.78 is 27.4. The highest BCUT2D eigenvalue weighted by atomic mass is 32.2. The summed E-state index contributed by atoms with van der Waals surface area (Å²) in [6.07, 6.45) is 3.31. The van der Waals surface area contributed by atoms with Crippen molar-refractivity contribution in [3.63, 3.8) is 0 Å². The predicted molar refractivity (Wildman–Crippen MR) is 92.0 cm³/mol. The first kappa shape index (κ1) is 15.1. The van der Waals surface area contributed by atoms with E-state index in [9.17, 15) is 8.42 Å². The van der Waals surface area contributed by atoms with Gasteiger partial charge in [-0.3, -0.25) is 4.72 Å². The number of sulfonamides is 1. The molecular formula is C16H18N2O2S2. The first-order valence-electron chi connectivity index (χ1n) is 7.26. The minimum atomic E-state index is -3.49. The molecule has 4 nitrogen and oxygen atoms in total. The number of hydrogen-bond acceptors (Lipinski definition) is 3. The van der Waals surface area contributed by atoms with Gasteiger partial charge in [0.25, 0.3) is 10.0 Å². The van der Waals surface area contributed by atoms with E-state index >= 15 is 0 Å². The average Bonchev–Trinajstić information content (AvgIpc) is 3.13. The van der Waals surface area contributed by atoms with Crippen LogP contribution in [0.5, 0.6) is 0 Å². The zero-order valence-corrected chi connectivity index (χ0v) is 13.9. The molecule has 6 heteroatoms. The van der Waals surface area contributed by atoms with Gasteiger partial charge in [-0.05, 0) is 48.6 Å². The number of aryl methyl sites for hydroxylation is 1. The van der Waals surface area contributed by atoms with E-state index in [2.05, 4.69) is 22.7 Å². The molecule has 0 atom stereocenters. The fraction of sp³-hybridized carbons (Fsp3) is 0.250. The van der Waals surface area contributed by atoms with E-state index in [1.807, 2.05) is 12.1 Å². The molecule has 0 bridgehead atoms. The van der Waals surface area contributed by atoms with Crippen LogP contribution in [-0.4, -0.2) is 13.4 Å². The van der Waals surface area contributed by atoms with Gasteiger partial charge in [0.15, 0.2) is 0 Å². The zero-order chi connectivity index (χ0) is 15.6. The molecule has 3 rings (SSSR count). The second-order valence-electron chi connectivity index (χ2n) is 5.24. The van der Waals surface area contributed by atoms with Crippen molar-refractivity contribution in [1.82, 2.24) is 4.98 Å². The normalized spacial score (nSPS) is 11.9. The Labute approximate surface area is 134 Å². The molecule has 0 fully saturated rings. The van der Waals surface area contributed by atoms with Crippen LogP contribution in [0, 0.1) is 0 Å². The molecule has 0 radical (unpaired) electrons. The van der Waals surface area contributed by atoms with Crippen molar-refractivity contribution >= 4 is 38.0 Å². The average molecular weight is 334 g/mol. The number of anilines is 1. The van der Waals surface area contributed by atoms with E-state index in [1.165, 1.54) is 17.0 Å². The van der Waals surface area contributed by atoms with Gasteiger partial charge in [-0.25, -0.2) is 8.42 Å². The van der Waals surface area contributed by atoms with Gasteiger partial charge in [0, 0.05) is 22.3 Å². The van der Waals surface area contributed by atoms with Crippen LogP contribution in [0.2, 0.25) is 0 Å². The first-order chi connectivity index (χ1) is 10.6. The molecule has 22 heavy (non-hydrogen) atoms. The highest BCUT2D eigenvalue weighted by Crippen LogP contribution is 2.24. The Kier molecular flexibility index (Phi) is 4.22. The maximum atomic E-state index is 12.2. The number of hydrogen-bond donors (Lipinski definition) is 2. The zero-order valence-electron chi connectivity index (χ0n) is 12.3. The third-order valence-electron chi connectivity index (χ3n) is 3.49. The van der Waals surface area contributed by atoms with E-state index < -0.39 is 10.0 Å². The third-order valence-corrected chi connectivity index (χ3v) is 6.27. The Hall–Kier alpha value is -1.79. The summed E-state index contributed by atoms with van der Waals surface area (Å²) in [5.74, 6) is 0. The highest BCUT2D eigenvalue weighted by Gasteiger charge is 2.15. The fourth-order valence-corrected chi connectivity index (χ4v) is 4.42. The van der Waals surface area contributed by atoms with Gasteiger partial charge in [0.1, 0.15) is 4.21 Å². The Bertz CT molecular complexity index is 865. The van der Waals surface area contributed by atoms with Crippen LogP contribution in [0.15, 0.2) is 46.0 Å². The molecule has 1 aromatic carbocycles. The van der Waals surface area contributed by atoms with Crippen molar-refractivity contribution in [3.8, 4) is 0 Å². The molecule has 0 aliphatic carbocycles. The van der Waals surface area contributed by atoms with E-state index in [-0.39, 0.29) is 0 Å². The van der Waals surface area contributed by atoms with Gasteiger partial charge >= 0.3 is 0 Å². The van der Waals surface area contributed by atoms with Crippen molar-refractivity contribution in [2.45, 2.75) is 30.4 Å². The Morgan fingerprint density at radius 3 is 2.82 bits per heavy atom. The lowest BCUT2D eigenvalue weighted by Crippen LogP contribution is -2.11. The standard InChI is InChI=1S/C16H18N2O2S2/c1-2-3-5-13-10-12-11-14(7-8-15(12)17-13)18-22(19,20)16-6-4-9-21-16/h4,6-11,17-18H,2-3,5H2,1H3. The minimum absolute atomic E-state index is 0.324. The Morgan fingerprint density at radius 1 is 1.23 bits per heavy atom. The molecule has 116 valence electrons. The van der Waals surface area contributed by atoms with Crippen LogP contribution in [0.25, 0.3) is 10.9 Å². The van der Waals surface area contributed by atoms with Crippen LogP contribution in [0.4, 0.5) is 5.69 Å². The number of benzene rings is 1. The molecule has 0 saturated heterocycles. The minimum Gasteiger partial charge on any atom is -0.358 e. The van der Waals surface area contributed by atoms with E-state index in [1.54, 1.807) is 23.6 Å². The van der Waals surface area contributed by atoms with E-state index in [0.29, 0.717) is 9.90 Å². The smallest absolute Gasteiger partial charge is 0.271 e. The van der Waals surface area contributed by atoms with Crippen LogP contribution in [0.1, 0.15) is 25.5 Å². The lowest BCUT2D eigenvalue weighted by Gasteiger charge is -2.06. The topological polar surface area (TPSA) is 62.0 Å². The molecule has 2 aromatic heterocycles. The monoisotopic (exact) mass is 334 g/mol. The molecule has 0 aliphatic rings. The number of thiophene rings is 1. The summed E-state index contributed by atoms with van der Waals surface area (Å²) in [6.45, 7) is 2.17. The number of rotatable bonds is 6. The molecular weight excluding hydrogens is 316 g/mol. The van der Waals surface area contributed by atoms with Crippen LogP contribution < -0.4 is 4.72 Å². The highest BCUT2D eigenvalue weighted by molar-refractivity contribution is 7.94. The van der Waals surface area contributed by atoms with Gasteiger partial charge in [-0.1, -0.05) is 19.4 Å². The third kappa shape index (κ3) is 3.18. The van der Waals surface area contributed by atoms with Gasteiger partial charge in [0.05, 0.1) is 0 Å². The predicted octanol–water partition coefficient (Wildman–Crippen LogP) is 4.37. The van der Waals surface area contributed by atoms with Gasteiger partial charge < -0.3 is 4.98 Å². The number of aromatic amines is 1. The first-order valence-corrected chi connectivity index (χ1v) is 9.63. The van der Waals surface area contributed by atoms with Crippen molar-refractivity contribution in [2.75, 3.05) is 4.72 Å². The number of nitrogens with one attached hydrogen (secondary N) is 2. The summed E-state index contributed by atoms with van der Waals surface area (Å²) in [5.41, 5.74) is 2.81. The van der Waals surface area contributed by atoms with Crippen molar-refractivity contribution < 1.29 is 8.42 Å². The maximum Gasteiger partial charge on any atom is 0.271 e. The molecule has 3 aromatic rings. The van der Waals surface area contributed by atoms with E-state index in [4.69, 9.17) is 0 Å². The van der Waals surface area contributed by atoms with E-state index in [0.717, 1.165) is 30.2 Å². The van der Waals surface area contributed by atoms with Crippen molar-refractivity contribution in [1.29, 1.82) is 0 Å². The van der Waals surface area contributed by atoms with Crippen molar-refractivity contribution in [2.24, 2.45) is 0 Å². The van der Waals surface area contributed by atoms with Crippen molar-refractivity contribution in [3.05, 3.63) is 47.5 Å². The SMILES string of the molecule is CCCCc1cc2cc(NS(=O)(=O)c3cccs3)ccc2[nH]1. The molecule has 0 spiro atoms. The second kappa shape index (κ2) is 6.14. The molecule has 2 N–H and O–H groups in total. The number of H-pyrrole nitrogens is 1. The van der Waals surface area contributed by atoms with Crippen LogP contribution in [-0.2, 0) is 16.4 Å². The molecule has 2 heterocycles. The quantitative estimate of drug-likeness (QED) is 0.703. The number of fused-ring (bicyclic) bond motifs is 1. The van der Waals surface area contributed by atoms with Crippen LogP contribution >= 0.6 is 11.3 Å². The Morgan fingerprint density at radius 2 is 2.09 bits per heavy atom. The van der Waals surface area contributed by atoms with Gasteiger partial charge in [0.2, 0.25) is 0 Å². The summed E-state index contributed by atoms with van der Waals surface area (Å²) in [6, 6.07) is 11.0. The second-order valence-corrected chi connectivity index (χ2v) is 8.09. The van der Waals surface area contributed by atoms with Gasteiger partial charge in [-0.15, -0.1) is 11.3 Å². The summed E-state index contributed by atoms with van der Waals surface area (Å²) in [7, 11) is -3.49.